The van der Waals surface area contributed by atoms with E-state index in [2.05, 4.69) is 0 Å². The molecule has 7 nitrogen and oxygen atoms in total. The van der Waals surface area contributed by atoms with Crippen molar-refractivity contribution >= 4 is 17.7 Å². The van der Waals surface area contributed by atoms with E-state index in [1.807, 2.05) is 0 Å². The number of Topliss-reactive ketones (excluding diaryl/α,β-unsaturated/α-hetero) is 1. The van der Waals surface area contributed by atoms with Gasteiger partial charge in [-0.25, -0.2) is 0 Å². The summed E-state index contributed by atoms with van der Waals surface area (Å²) in [5.41, 5.74) is 10.9. The van der Waals surface area contributed by atoms with Gasteiger partial charge in [0.15, 0.2) is 0 Å². The highest BCUT2D eigenvalue weighted by Gasteiger charge is 2.24. The molecule has 7 heteroatoms. The molecule has 0 rings (SSSR count). The van der Waals surface area contributed by atoms with Gasteiger partial charge in [-0.1, -0.05) is 6.42 Å². The molecule has 0 aromatic carbocycles. The SMILES string of the molecule is NCCCC[C@H](CC(=O)[C@@H](N)CCC(=O)O)C(=O)O. The summed E-state index contributed by atoms with van der Waals surface area (Å²) in [5.74, 6) is -3.23. The molecule has 0 radical (unpaired) electrons. The van der Waals surface area contributed by atoms with Crippen LogP contribution in [-0.2, 0) is 14.4 Å². The van der Waals surface area contributed by atoms with Crippen LogP contribution >= 0.6 is 0 Å². The van der Waals surface area contributed by atoms with Gasteiger partial charge in [0.1, 0.15) is 5.78 Å². The zero-order valence-corrected chi connectivity index (χ0v) is 10.9. The summed E-state index contributed by atoms with van der Waals surface area (Å²) in [6.45, 7) is 0.485. The predicted molar refractivity (Wildman–Crippen MR) is 68.5 cm³/mol. The lowest BCUT2D eigenvalue weighted by Crippen LogP contribution is -2.33. The van der Waals surface area contributed by atoms with Gasteiger partial charge in [0.05, 0.1) is 12.0 Å². The first kappa shape index (κ1) is 17.5. The van der Waals surface area contributed by atoms with Crippen LogP contribution in [0.3, 0.4) is 0 Å². The Morgan fingerprint density at radius 1 is 1.05 bits per heavy atom. The summed E-state index contributed by atoms with van der Waals surface area (Å²) in [7, 11) is 0. The molecule has 0 aliphatic carbocycles. The van der Waals surface area contributed by atoms with E-state index >= 15 is 0 Å². The van der Waals surface area contributed by atoms with Crippen LogP contribution in [-0.4, -0.2) is 40.5 Å². The van der Waals surface area contributed by atoms with Crippen molar-refractivity contribution in [2.24, 2.45) is 17.4 Å². The molecule has 0 aromatic rings. The molecular formula is C12H22N2O5. The third kappa shape index (κ3) is 8.28. The maximum atomic E-state index is 11.7. The average molecular weight is 274 g/mol. The van der Waals surface area contributed by atoms with Crippen molar-refractivity contribution in [2.75, 3.05) is 6.54 Å². The maximum Gasteiger partial charge on any atom is 0.306 e. The van der Waals surface area contributed by atoms with Gasteiger partial charge in [-0.05, 0) is 25.8 Å². The number of hydrogen-bond acceptors (Lipinski definition) is 5. The third-order valence-electron chi connectivity index (χ3n) is 2.89. The van der Waals surface area contributed by atoms with Crippen LogP contribution in [0.4, 0.5) is 0 Å². The summed E-state index contributed by atoms with van der Waals surface area (Å²) in [6.07, 6.45) is 1.42. The molecule has 0 aliphatic heterocycles. The number of carbonyl (C=O) groups is 3. The molecule has 110 valence electrons. The molecule has 6 N–H and O–H groups in total. The van der Waals surface area contributed by atoms with Gasteiger partial charge in [-0.3, -0.25) is 14.4 Å². The van der Waals surface area contributed by atoms with Crippen LogP contribution in [0.15, 0.2) is 0 Å². The fourth-order valence-electron chi connectivity index (χ4n) is 1.68. The van der Waals surface area contributed by atoms with Crippen molar-refractivity contribution in [3.63, 3.8) is 0 Å². The average Bonchev–Trinajstić information content (AvgIpc) is 2.34. The van der Waals surface area contributed by atoms with Crippen molar-refractivity contribution in [3.05, 3.63) is 0 Å². The first-order chi connectivity index (χ1) is 8.88. The highest BCUT2D eigenvalue weighted by Crippen LogP contribution is 2.15. The van der Waals surface area contributed by atoms with Crippen LogP contribution < -0.4 is 11.5 Å². The summed E-state index contributed by atoms with van der Waals surface area (Å²) >= 11 is 0. The van der Waals surface area contributed by atoms with E-state index in [4.69, 9.17) is 21.7 Å². The first-order valence-electron chi connectivity index (χ1n) is 6.31. The van der Waals surface area contributed by atoms with E-state index in [0.29, 0.717) is 25.8 Å². The molecule has 0 bridgehead atoms. The Morgan fingerprint density at radius 3 is 2.16 bits per heavy atom. The molecule has 2 atom stereocenters. The number of unbranched alkanes of at least 4 members (excludes halogenated alkanes) is 1. The van der Waals surface area contributed by atoms with Crippen LogP contribution in [0.2, 0.25) is 0 Å². The summed E-state index contributed by atoms with van der Waals surface area (Å²) in [6, 6.07) is -0.910. The second kappa shape index (κ2) is 9.46. The Balaban J connectivity index is 4.21. The Morgan fingerprint density at radius 2 is 1.68 bits per heavy atom. The molecule has 0 heterocycles. The van der Waals surface area contributed by atoms with Crippen LogP contribution in [0.25, 0.3) is 0 Å². The van der Waals surface area contributed by atoms with Gasteiger partial charge in [0.25, 0.3) is 0 Å². The Labute approximate surface area is 112 Å². The number of hydrogen-bond donors (Lipinski definition) is 4. The van der Waals surface area contributed by atoms with Crippen molar-refractivity contribution < 1.29 is 24.6 Å². The predicted octanol–water partition coefficient (Wildman–Crippen LogP) is -0.0325. The van der Waals surface area contributed by atoms with Gasteiger partial charge in [0.2, 0.25) is 0 Å². The second-order valence-electron chi connectivity index (χ2n) is 4.53. The van der Waals surface area contributed by atoms with Crippen molar-refractivity contribution in [1.82, 2.24) is 0 Å². The van der Waals surface area contributed by atoms with Crippen LogP contribution in [0.5, 0.6) is 0 Å². The molecule has 19 heavy (non-hydrogen) atoms. The van der Waals surface area contributed by atoms with E-state index in [0.717, 1.165) is 0 Å². The van der Waals surface area contributed by atoms with Gasteiger partial charge in [0, 0.05) is 12.8 Å². The topological polar surface area (TPSA) is 144 Å². The van der Waals surface area contributed by atoms with Gasteiger partial charge in [-0.15, -0.1) is 0 Å². The number of nitrogens with two attached hydrogens (primary N) is 2. The van der Waals surface area contributed by atoms with Gasteiger partial charge in [-0.2, -0.15) is 0 Å². The lowest BCUT2D eigenvalue weighted by Gasteiger charge is -2.14. The van der Waals surface area contributed by atoms with Crippen LogP contribution in [0.1, 0.15) is 38.5 Å². The Kier molecular flexibility index (Phi) is 8.73. The molecule has 0 saturated carbocycles. The lowest BCUT2D eigenvalue weighted by molar-refractivity contribution is -0.144. The van der Waals surface area contributed by atoms with E-state index < -0.39 is 29.7 Å². The summed E-state index contributed by atoms with van der Waals surface area (Å²) < 4.78 is 0. The number of aliphatic carboxylic acids is 2. The Hall–Kier alpha value is -1.47. The standard InChI is InChI=1S/C12H22N2O5/c13-6-2-1-3-8(12(18)19)7-10(15)9(14)4-5-11(16)17/h8-9H,1-7,13-14H2,(H,16,17)(H,18,19)/t8-,9+/m1/s1. The monoisotopic (exact) mass is 274 g/mol. The lowest BCUT2D eigenvalue weighted by atomic mass is 9.92. The molecule has 0 aromatic heterocycles. The smallest absolute Gasteiger partial charge is 0.306 e. The zero-order chi connectivity index (χ0) is 14.8. The normalized spacial score (nSPS) is 13.8. The minimum Gasteiger partial charge on any atom is -0.481 e. The minimum absolute atomic E-state index is 0.0311. The van der Waals surface area contributed by atoms with Crippen molar-refractivity contribution in [1.29, 1.82) is 0 Å². The van der Waals surface area contributed by atoms with E-state index in [1.165, 1.54) is 0 Å². The van der Waals surface area contributed by atoms with Crippen LogP contribution in [0, 0.1) is 5.92 Å². The van der Waals surface area contributed by atoms with Crippen molar-refractivity contribution in [3.8, 4) is 0 Å². The Bertz CT molecular complexity index is 319. The van der Waals surface area contributed by atoms with Gasteiger partial charge < -0.3 is 21.7 Å². The van der Waals surface area contributed by atoms with E-state index in [1.54, 1.807) is 0 Å². The number of carbonyl (C=O) groups excluding carboxylic acids is 1. The molecule has 0 unspecified atom stereocenters. The first-order valence-corrected chi connectivity index (χ1v) is 6.31. The third-order valence-corrected chi connectivity index (χ3v) is 2.89. The summed E-state index contributed by atoms with van der Waals surface area (Å²) in [4.78, 5) is 33.1. The molecule has 0 fully saturated rings. The molecule has 0 aliphatic rings. The number of carboxylic acid groups (broad SMARTS) is 2. The van der Waals surface area contributed by atoms with Gasteiger partial charge >= 0.3 is 11.9 Å². The number of ketones is 1. The molecule has 0 amide bonds. The summed E-state index contributed by atoms with van der Waals surface area (Å²) in [5, 5.41) is 17.5. The van der Waals surface area contributed by atoms with E-state index in [9.17, 15) is 14.4 Å². The highest BCUT2D eigenvalue weighted by molar-refractivity contribution is 5.87. The quantitative estimate of drug-likeness (QED) is 0.387. The van der Waals surface area contributed by atoms with Crippen molar-refractivity contribution in [2.45, 2.75) is 44.6 Å². The second-order valence-corrected chi connectivity index (χ2v) is 4.53. The number of rotatable bonds is 11. The maximum absolute atomic E-state index is 11.7. The van der Waals surface area contributed by atoms with E-state index in [-0.39, 0.29) is 19.3 Å². The molecular weight excluding hydrogens is 252 g/mol. The molecule has 0 saturated heterocycles. The number of carboxylic acids is 2. The fourth-order valence-corrected chi connectivity index (χ4v) is 1.68. The molecule has 0 spiro atoms. The highest BCUT2D eigenvalue weighted by atomic mass is 16.4. The zero-order valence-electron chi connectivity index (χ0n) is 10.9. The fraction of sp³-hybridized carbons (Fsp3) is 0.750. The largest absolute Gasteiger partial charge is 0.481 e. The minimum atomic E-state index is -1.03.